The van der Waals surface area contributed by atoms with Crippen LogP contribution in [0.3, 0.4) is 0 Å². The quantitative estimate of drug-likeness (QED) is 0.466. The maximum atomic E-state index is 13.8. The van der Waals surface area contributed by atoms with Crippen LogP contribution in [0, 0.1) is 23.5 Å². The third-order valence-corrected chi connectivity index (χ3v) is 4.11. The topological polar surface area (TPSA) is 55.1 Å². The van der Waals surface area contributed by atoms with Crippen LogP contribution < -0.4 is 5.32 Å². The second-order valence-electron chi connectivity index (χ2n) is 6.40. The molecule has 1 amide bonds. The zero-order valence-electron chi connectivity index (χ0n) is 15.9. The van der Waals surface area contributed by atoms with Crippen LogP contribution in [0.1, 0.15) is 23.4 Å². The number of carbonyl (C=O) groups is 1. The standard InChI is InChI=1S/C22H15F5N2O2/c23-16-6-7-17(18(24)12-16)19-13-29-21(31-19)9-8-20(30)28-10-2-4-14-3-1-5-15(11-14)22(25,26)27/h1,3,5-7,11-13H,8-10H2,(H,28,30). The summed E-state index contributed by atoms with van der Waals surface area (Å²) in [7, 11) is 0. The van der Waals surface area contributed by atoms with E-state index in [4.69, 9.17) is 4.42 Å². The number of hydrogen-bond acceptors (Lipinski definition) is 3. The summed E-state index contributed by atoms with van der Waals surface area (Å²) in [5.74, 6) is 3.58. The van der Waals surface area contributed by atoms with E-state index in [9.17, 15) is 26.7 Å². The molecule has 3 aromatic rings. The predicted octanol–water partition coefficient (Wildman–Crippen LogP) is 4.74. The van der Waals surface area contributed by atoms with Gasteiger partial charge in [-0.1, -0.05) is 17.9 Å². The molecule has 0 saturated heterocycles. The van der Waals surface area contributed by atoms with E-state index in [1.165, 1.54) is 24.4 Å². The van der Waals surface area contributed by atoms with E-state index in [0.29, 0.717) is 0 Å². The molecular formula is C22H15F5N2O2. The van der Waals surface area contributed by atoms with Gasteiger partial charge < -0.3 is 9.73 Å². The fourth-order valence-electron chi connectivity index (χ4n) is 2.61. The van der Waals surface area contributed by atoms with Crippen LogP contribution in [0.5, 0.6) is 0 Å². The molecule has 2 aromatic carbocycles. The molecule has 0 unspecified atom stereocenters. The Morgan fingerprint density at radius 1 is 1.13 bits per heavy atom. The lowest BCUT2D eigenvalue weighted by atomic mass is 10.1. The van der Waals surface area contributed by atoms with E-state index < -0.39 is 23.4 Å². The summed E-state index contributed by atoms with van der Waals surface area (Å²) < 4.78 is 70.2. The summed E-state index contributed by atoms with van der Waals surface area (Å²) in [5, 5.41) is 2.52. The minimum atomic E-state index is -4.45. The minimum Gasteiger partial charge on any atom is -0.441 e. The van der Waals surface area contributed by atoms with Gasteiger partial charge in [0, 0.05) is 24.5 Å². The lowest BCUT2D eigenvalue weighted by Crippen LogP contribution is -2.23. The van der Waals surface area contributed by atoms with E-state index >= 15 is 0 Å². The monoisotopic (exact) mass is 434 g/mol. The molecule has 0 bridgehead atoms. The Labute approximate surface area is 174 Å². The summed E-state index contributed by atoms with van der Waals surface area (Å²) in [4.78, 5) is 15.8. The van der Waals surface area contributed by atoms with E-state index in [1.807, 2.05) is 0 Å². The summed E-state index contributed by atoms with van der Waals surface area (Å²) in [6, 6.07) is 7.62. The number of aryl methyl sites for hydroxylation is 1. The highest BCUT2D eigenvalue weighted by molar-refractivity contribution is 5.76. The summed E-state index contributed by atoms with van der Waals surface area (Å²) in [5.41, 5.74) is -0.562. The van der Waals surface area contributed by atoms with E-state index in [-0.39, 0.29) is 48.1 Å². The van der Waals surface area contributed by atoms with Crippen LogP contribution in [0.2, 0.25) is 0 Å². The Kier molecular flexibility index (Phi) is 6.70. The number of hydrogen-bond donors (Lipinski definition) is 1. The molecule has 1 N–H and O–H groups in total. The molecule has 0 aliphatic heterocycles. The number of rotatable bonds is 5. The number of halogens is 5. The van der Waals surface area contributed by atoms with Crippen molar-refractivity contribution in [3.8, 4) is 23.2 Å². The fourth-order valence-corrected chi connectivity index (χ4v) is 2.61. The van der Waals surface area contributed by atoms with Crippen molar-refractivity contribution in [3.05, 3.63) is 77.3 Å². The highest BCUT2D eigenvalue weighted by Crippen LogP contribution is 2.29. The van der Waals surface area contributed by atoms with Crippen molar-refractivity contribution in [3.63, 3.8) is 0 Å². The van der Waals surface area contributed by atoms with Crippen LogP contribution in [0.15, 0.2) is 53.1 Å². The molecule has 0 aliphatic carbocycles. The zero-order chi connectivity index (χ0) is 22.4. The Morgan fingerprint density at radius 3 is 2.68 bits per heavy atom. The molecule has 1 aromatic heterocycles. The van der Waals surface area contributed by atoms with Gasteiger partial charge in [-0.25, -0.2) is 13.8 Å². The van der Waals surface area contributed by atoms with E-state index in [2.05, 4.69) is 22.1 Å². The molecule has 3 rings (SSSR count). The molecule has 9 heteroatoms. The zero-order valence-corrected chi connectivity index (χ0v) is 15.9. The van der Waals surface area contributed by atoms with Gasteiger partial charge in [0.05, 0.1) is 23.9 Å². The Morgan fingerprint density at radius 2 is 1.94 bits per heavy atom. The number of benzene rings is 2. The Bertz CT molecular complexity index is 1140. The average Bonchev–Trinajstić information content (AvgIpc) is 3.18. The number of oxazole rings is 1. The first-order chi connectivity index (χ1) is 14.7. The van der Waals surface area contributed by atoms with Crippen molar-refractivity contribution in [1.29, 1.82) is 0 Å². The SMILES string of the molecule is O=C(CCc1ncc(-c2ccc(F)cc2F)o1)NCC#Cc1cccc(C(F)(F)F)c1. The van der Waals surface area contributed by atoms with E-state index in [0.717, 1.165) is 24.3 Å². The van der Waals surface area contributed by atoms with Gasteiger partial charge in [0.2, 0.25) is 5.91 Å². The molecule has 0 spiro atoms. The van der Waals surface area contributed by atoms with Crippen molar-refractivity contribution in [2.45, 2.75) is 19.0 Å². The highest BCUT2D eigenvalue weighted by Gasteiger charge is 2.30. The lowest BCUT2D eigenvalue weighted by Gasteiger charge is -2.05. The van der Waals surface area contributed by atoms with Gasteiger partial charge in [-0.05, 0) is 30.3 Å². The van der Waals surface area contributed by atoms with Crippen molar-refractivity contribution >= 4 is 5.91 Å². The third-order valence-electron chi connectivity index (χ3n) is 4.11. The first kappa shape index (κ1) is 22.0. The smallest absolute Gasteiger partial charge is 0.416 e. The molecule has 0 saturated carbocycles. The fraction of sp³-hybridized carbons (Fsp3) is 0.182. The molecule has 0 aliphatic rings. The van der Waals surface area contributed by atoms with Crippen molar-refractivity contribution in [1.82, 2.24) is 10.3 Å². The number of carbonyl (C=O) groups excluding carboxylic acids is 1. The van der Waals surface area contributed by atoms with Crippen LogP contribution >= 0.6 is 0 Å². The molecule has 0 radical (unpaired) electrons. The summed E-state index contributed by atoms with van der Waals surface area (Å²) in [6.07, 6.45) is -3.02. The first-order valence-corrected chi connectivity index (χ1v) is 9.05. The maximum Gasteiger partial charge on any atom is 0.416 e. The molecule has 0 atom stereocenters. The normalized spacial score (nSPS) is 11.0. The van der Waals surface area contributed by atoms with Gasteiger partial charge >= 0.3 is 6.18 Å². The molecule has 160 valence electrons. The number of nitrogens with zero attached hydrogens (tertiary/aromatic N) is 1. The number of nitrogens with one attached hydrogen (secondary N) is 1. The third kappa shape index (κ3) is 6.15. The Hall–Kier alpha value is -3.67. The molecule has 0 fully saturated rings. The molecule has 31 heavy (non-hydrogen) atoms. The van der Waals surface area contributed by atoms with Crippen LogP contribution in [0.4, 0.5) is 22.0 Å². The van der Waals surface area contributed by atoms with E-state index in [1.54, 1.807) is 0 Å². The van der Waals surface area contributed by atoms with Crippen molar-refractivity contribution in [2.24, 2.45) is 0 Å². The van der Waals surface area contributed by atoms with Crippen LogP contribution in [-0.2, 0) is 17.4 Å². The number of amides is 1. The van der Waals surface area contributed by atoms with Gasteiger partial charge in [0.1, 0.15) is 11.6 Å². The van der Waals surface area contributed by atoms with Crippen LogP contribution in [-0.4, -0.2) is 17.4 Å². The predicted molar refractivity (Wildman–Crippen MR) is 102 cm³/mol. The van der Waals surface area contributed by atoms with Crippen molar-refractivity contribution < 1.29 is 31.2 Å². The van der Waals surface area contributed by atoms with Gasteiger partial charge in [-0.2, -0.15) is 13.2 Å². The van der Waals surface area contributed by atoms with Gasteiger partial charge in [0.15, 0.2) is 11.7 Å². The number of aromatic nitrogens is 1. The van der Waals surface area contributed by atoms with Crippen LogP contribution in [0.25, 0.3) is 11.3 Å². The average molecular weight is 434 g/mol. The largest absolute Gasteiger partial charge is 0.441 e. The molecular weight excluding hydrogens is 419 g/mol. The maximum absolute atomic E-state index is 13.8. The summed E-state index contributed by atoms with van der Waals surface area (Å²) >= 11 is 0. The minimum absolute atomic E-state index is 0.0110. The summed E-state index contributed by atoms with van der Waals surface area (Å²) in [6.45, 7) is -0.0489. The molecule has 1 heterocycles. The second-order valence-corrected chi connectivity index (χ2v) is 6.40. The molecule has 4 nitrogen and oxygen atoms in total. The van der Waals surface area contributed by atoms with Gasteiger partial charge in [0.25, 0.3) is 0 Å². The van der Waals surface area contributed by atoms with Crippen molar-refractivity contribution in [2.75, 3.05) is 6.54 Å². The van der Waals surface area contributed by atoms with Gasteiger partial charge in [-0.15, -0.1) is 0 Å². The second kappa shape index (κ2) is 9.43. The lowest BCUT2D eigenvalue weighted by molar-refractivity contribution is -0.137. The van der Waals surface area contributed by atoms with Gasteiger partial charge in [-0.3, -0.25) is 4.79 Å². The Balaban J connectivity index is 1.49. The first-order valence-electron chi connectivity index (χ1n) is 9.05. The number of alkyl halides is 3. The highest BCUT2D eigenvalue weighted by atomic mass is 19.4.